The van der Waals surface area contributed by atoms with Crippen molar-refractivity contribution in [3.05, 3.63) is 107 Å². The molecule has 42 heavy (non-hydrogen) atoms. The number of hydrogen-bond donors (Lipinski definition) is 1. The van der Waals surface area contributed by atoms with E-state index in [-0.39, 0.29) is 16.5 Å². The Labute approximate surface area is 249 Å². The minimum atomic E-state index is -0.962. The van der Waals surface area contributed by atoms with Crippen LogP contribution >= 0.6 is 23.1 Å². The zero-order valence-corrected chi connectivity index (χ0v) is 24.2. The summed E-state index contributed by atoms with van der Waals surface area (Å²) < 4.78 is 11.3. The van der Waals surface area contributed by atoms with Gasteiger partial charge in [-0.1, -0.05) is 71.6 Å². The van der Waals surface area contributed by atoms with Gasteiger partial charge in [-0.25, -0.2) is 0 Å². The van der Waals surface area contributed by atoms with E-state index < -0.39 is 17.7 Å². The van der Waals surface area contributed by atoms with Crippen LogP contribution in [0.4, 0.5) is 5.13 Å². The van der Waals surface area contributed by atoms with Crippen LogP contribution in [0.5, 0.6) is 11.5 Å². The van der Waals surface area contributed by atoms with Gasteiger partial charge in [0.15, 0.2) is 15.8 Å². The molecular weight excluding hydrogens is 572 g/mol. The first-order valence-electron chi connectivity index (χ1n) is 12.9. The van der Waals surface area contributed by atoms with Crippen molar-refractivity contribution >= 4 is 56.5 Å². The fraction of sp³-hybridized carbons (Fsp3) is 0.129. The van der Waals surface area contributed by atoms with Crippen LogP contribution in [0.25, 0.3) is 16.5 Å². The Balaban J connectivity index is 1.36. The predicted molar refractivity (Wildman–Crippen MR) is 162 cm³/mol. The molecule has 0 aliphatic carbocycles. The smallest absolute Gasteiger partial charge is 0.301 e. The lowest BCUT2D eigenvalue weighted by Gasteiger charge is -2.22. The SMILES string of the molecule is COc1ccc(C(O)=C2C(=O)C(=O)N(c3nnc(SCc4cccc5ccccc45)s3)[C@@H]2c2cccnc2)cc1OC. The van der Waals surface area contributed by atoms with Crippen LogP contribution in [0.3, 0.4) is 0 Å². The third kappa shape index (κ3) is 4.97. The van der Waals surface area contributed by atoms with Gasteiger partial charge in [0.25, 0.3) is 5.78 Å². The van der Waals surface area contributed by atoms with E-state index in [4.69, 9.17) is 9.47 Å². The van der Waals surface area contributed by atoms with E-state index in [0.29, 0.717) is 32.7 Å². The molecule has 1 fully saturated rings. The average Bonchev–Trinajstić information content (AvgIpc) is 3.61. The molecule has 0 radical (unpaired) electrons. The van der Waals surface area contributed by atoms with Crippen molar-refractivity contribution in [1.29, 1.82) is 0 Å². The minimum absolute atomic E-state index is 0.0830. The quantitative estimate of drug-likeness (QED) is 0.0755. The summed E-state index contributed by atoms with van der Waals surface area (Å²) in [6.45, 7) is 0. The topological polar surface area (TPSA) is 115 Å². The van der Waals surface area contributed by atoms with Crippen LogP contribution in [-0.4, -0.2) is 46.2 Å². The number of benzene rings is 3. The molecule has 0 bridgehead atoms. The van der Waals surface area contributed by atoms with E-state index >= 15 is 0 Å². The number of aliphatic hydroxyl groups is 1. The third-order valence-corrected chi connectivity index (χ3v) is 9.04. The number of hydrogen-bond acceptors (Lipinski definition) is 10. The number of methoxy groups -OCH3 is 2. The molecule has 5 aromatic rings. The van der Waals surface area contributed by atoms with Gasteiger partial charge in [-0.2, -0.15) is 0 Å². The van der Waals surface area contributed by atoms with Crippen molar-refractivity contribution in [3.8, 4) is 11.5 Å². The Bertz CT molecular complexity index is 1830. The number of ketones is 1. The molecule has 6 rings (SSSR count). The number of rotatable bonds is 8. The number of anilines is 1. The highest BCUT2D eigenvalue weighted by Crippen LogP contribution is 2.44. The van der Waals surface area contributed by atoms with E-state index in [1.165, 1.54) is 42.2 Å². The van der Waals surface area contributed by atoms with Gasteiger partial charge in [-0.3, -0.25) is 19.5 Å². The first-order chi connectivity index (χ1) is 20.5. The number of ether oxygens (including phenoxy) is 2. The molecule has 11 heteroatoms. The van der Waals surface area contributed by atoms with Crippen molar-refractivity contribution in [2.45, 2.75) is 16.1 Å². The van der Waals surface area contributed by atoms with Gasteiger partial charge in [-0.15, -0.1) is 10.2 Å². The molecule has 0 spiro atoms. The van der Waals surface area contributed by atoms with Crippen molar-refractivity contribution in [1.82, 2.24) is 15.2 Å². The number of nitrogens with zero attached hydrogens (tertiary/aromatic N) is 4. The lowest BCUT2D eigenvalue weighted by molar-refractivity contribution is -0.132. The van der Waals surface area contributed by atoms with Crippen molar-refractivity contribution in [2.75, 3.05) is 19.1 Å². The molecule has 210 valence electrons. The van der Waals surface area contributed by atoms with Crippen LogP contribution < -0.4 is 14.4 Å². The molecule has 1 N–H and O–H groups in total. The minimum Gasteiger partial charge on any atom is -0.507 e. The second-order valence-corrected chi connectivity index (χ2v) is 11.5. The molecule has 3 aromatic carbocycles. The highest BCUT2D eigenvalue weighted by Gasteiger charge is 2.48. The second-order valence-electron chi connectivity index (χ2n) is 9.30. The highest BCUT2D eigenvalue weighted by atomic mass is 32.2. The molecule has 9 nitrogen and oxygen atoms in total. The van der Waals surface area contributed by atoms with E-state index in [0.717, 1.165) is 16.3 Å². The highest BCUT2D eigenvalue weighted by molar-refractivity contribution is 8.00. The van der Waals surface area contributed by atoms with E-state index in [1.807, 2.05) is 18.2 Å². The zero-order valence-electron chi connectivity index (χ0n) is 22.6. The molecule has 0 saturated carbocycles. The van der Waals surface area contributed by atoms with Crippen molar-refractivity contribution < 1.29 is 24.2 Å². The number of aliphatic hydroxyl groups excluding tert-OH is 1. The number of Topliss-reactive ketones (excluding diaryl/α,β-unsaturated/α-hetero) is 1. The maximum atomic E-state index is 13.5. The van der Waals surface area contributed by atoms with E-state index in [9.17, 15) is 14.7 Å². The normalized spacial score (nSPS) is 16.2. The first-order valence-corrected chi connectivity index (χ1v) is 14.7. The van der Waals surface area contributed by atoms with Gasteiger partial charge in [0.05, 0.1) is 25.8 Å². The van der Waals surface area contributed by atoms with Crippen LogP contribution in [0.15, 0.2) is 95.1 Å². The monoisotopic (exact) mass is 596 g/mol. The molecule has 1 aliphatic rings. The fourth-order valence-corrected chi connectivity index (χ4v) is 6.81. The standard InChI is InChI=1S/C31H24N4O5S2/c1-39-23-13-12-19(15-24(23)40-2)27(36)25-26(20-10-6-14-32-16-20)35(29(38)28(25)37)30-33-34-31(42-30)41-17-21-9-5-8-18-7-3-4-11-22(18)21/h3-16,26,36H,17H2,1-2H3/t26-/m1/s1. The van der Waals surface area contributed by atoms with Gasteiger partial charge in [0, 0.05) is 23.7 Å². The van der Waals surface area contributed by atoms with Gasteiger partial charge in [0.2, 0.25) is 5.13 Å². The zero-order chi connectivity index (χ0) is 29.2. The fourth-order valence-electron chi connectivity index (χ4n) is 4.94. The summed E-state index contributed by atoms with van der Waals surface area (Å²) >= 11 is 2.71. The molecule has 3 heterocycles. The Kier molecular flexibility index (Phi) is 7.60. The maximum Gasteiger partial charge on any atom is 0.301 e. The number of pyridine rings is 1. The summed E-state index contributed by atoms with van der Waals surface area (Å²) in [5.74, 6) is -0.517. The molecule has 2 aromatic heterocycles. The summed E-state index contributed by atoms with van der Waals surface area (Å²) in [6, 6.07) is 21.6. The van der Waals surface area contributed by atoms with Crippen LogP contribution in [0, 0.1) is 0 Å². The summed E-state index contributed by atoms with van der Waals surface area (Å²) in [5, 5.41) is 22.6. The van der Waals surface area contributed by atoms with Crippen LogP contribution in [0.1, 0.15) is 22.7 Å². The number of fused-ring (bicyclic) bond motifs is 1. The number of carbonyl (C=O) groups excluding carboxylic acids is 2. The Morgan fingerprint density at radius 1 is 0.976 bits per heavy atom. The van der Waals surface area contributed by atoms with Crippen LogP contribution in [0.2, 0.25) is 0 Å². The summed E-state index contributed by atoms with van der Waals surface area (Å²) in [5.41, 5.74) is 1.91. The van der Waals surface area contributed by atoms with Crippen molar-refractivity contribution in [2.24, 2.45) is 0 Å². The molecule has 1 amide bonds. The predicted octanol–water partition coefficient (Wildman–Crippen LogP) is 6.02. The number of carbonyl (C=O) groups is 2. The van der Waals surface area contributed by atoms with Gasteiger partial charge < -0.3 is 14.6 Å². The molecule has 1 saturated heterocycles. The molecular formula is C31H24N4O5S2. The Hall–Kier alpha value is -4.74. The van der Waals surface area contributed by atoms with Gasteiger partial charge in [0.1, 0.15) is 5.76 Å². The lowest BCUT2D eigenvalue weighted by atomic mass is 9.96. The summed E-state index contributed by atoms with van der Waals surface area (Å²) in [4.78, 5) is 32.4. The molecule has 1 atom stereocenters. The summed E-state index contributed by atoms with van der Waals surface area (Å²) in [6.07, 6.45) is 3.15. The van der Waals surface area contributed by atoms with Gasteiger partial charge in [-0.05, 0) is 46.2 Å². The maximum absolute atomic E-state index is 13.5. The third-order valence-electron chi connectivity index (χ3n) is 6.93. The number of thioether (sulfide) groups is 1. The molecule has 1 aliphatic heterocycles. The van der Waals surface area contributed by atoms with Gasteiger partial charge >= 0.3 is 5.91 Å². The largest absolute Gasteiger partial charge is 0.507 e. The van der Waals surface area contributed by atoms with E-state index in [1.54, 1.807) is 42.7 Å². The molecule has 0 unspecified atom stereocenters. The average molecular weight is 597 g/mol. The van der Waals surface area contributed by atoms with Crippen LogP contribution in [-0.2, 0) is 15.3 Å². The Morgan fingerprint density at radius 2 is 1.79 bits per heavy atom. The second kappa shape index (κ2) is 11.6. The lowest BCUT2D eigenvalue weighted by Crippen LogP contribution is -2.29. The van der Waals surface area contributed by atoms with Crippen molar-refractivity contribution in [3.63, 3.8) is 0 Å². The van der Waals surface area contributed by atoms with E-state index in [2.05, 4.69) is 39.4 Å². The number of aromatic nitrogens is 3. The summed E-state index contributed by atoms with van der Waals surface area (Å²) in [7, 11) is 2.98. The number of amides is 1. The first kappa shape index (κ1) is 27.4. The Morgan fingerprint density at radius 3 is 2.57 bits per heavy atom.